The van der Waals surface area contributed by atoms with Crippen molar-refractivity contribution in [1.29, 1.82) is 0 Å². The summed E-state index contributed by atoms with van der Waals surface area (Å²) in [6, 6.07) is 9.61. The summed E-state index contributed by atoms with van der Waals surface area (Å²) in [6.07, 6.45) is 0. The number of ether oxygens (including phenoxy) is 2. The van der Waals surface area contributed by atoms with Crippen LogP contribution < -0.4 is 0 Å². The Balaban J connectivity index is 2.37. The highest BCUT2D eigenvalue weighted by Crippen LogP contribution is 2.15. The van der Waals surface area contributed by atoms with Crippen LogP contribution in [-0.2, 0) is 14.3 Å². The standard InChI is InChI=1S/C13H18O3/c1-3-15-9-10-16-13(14)11(2)12-7-5-4-6-8-12/h4-8,11H,3,9-10H2,1-2H3/t11-/m1/s1. The highest BCUT2D eigenvalue weighted by atomic mass is 16.6. The Labute approximate surface area is 96.4 Å². The second kappa shape index (κ2) is 7.01. The SMILES string of the molecule is CCOCCOC(=O)[C@H](C)c1ccccc1. The lowest BCUT2D eigenvalue weighted by Crippen LogP contribution is -2.16. The molecule has 0 saturated carbocycles. The molecule has 16 heavy (non-hydrogen) atoms. The number of carbonyl (C=O) groups excluding carboxylic acids is 1. The fraction of sp³-hybridized carbons (Fsp3) is 0.462. The van der Waals surface area contributed by atoms with Gasteiger partial charge < -0.3 is 9.47 Å². The van der Waals surface area contributed by atoms with Crippen molar-refractivity contribution in [1.82, 2.24) is 0 Å². The first-order valence-electron chi connectivity index (χ1n) is 5.55. The molecule has 0 saturated heterocycles. The van der Waals surface area contributed by atoms with E-state index in [-0.39, 0.29) is 11.9 Å². The van der Waals surface area contributed by atoms with Crippen molar-refractivity contribution in [3.63, 3.8) is 0 Å². The molecule has 88 valence electrons. The summed E-state index contributed by atoms with van der Waals surface area (Å²) >= 11 is 0. The van der Waals surface area contributed by atoms with Crippen LogP contribution in [0, 0.1) is 0 Å². The second-order valence-corrected chi connectivity index (χ2v) is 3.50. The van der Waals surface area contributed by atoms with Crippen LogP contribution in [0.1, 0.15) is 25.3 Å². The molecule has 1 aromatic carbocycles. The minimum absolute atomic E-state index is 0.203. The van der Waals surface area contributed by atoms with Crippen molar-refractivity contribution in [3.05, 3.63) is 35.9 Å². The fourth-order valence-corrected chi connectivity index (χ4v) is 1.35. The van der Waals surface area contributed by atoms with E-state index in [0.717, 1.165) is 5.56 Å². The topological polar surface area (TPSA) is 35.5 Å². The van der Waals surface area contributed by atoms with E-state index in [2.05, 4.69) is 0 Å². The summed E-state index contributed by atoms with van der Waals surface area (Å²) in [5, 5.41) is 0. The smallest absolute Gasteiger partial charge is 0.313 e. The van der Waals surface area contributed by atoms with E-state index in [0.29, 0.717) is 19.8 Å². The van der Waals surface area contributed by atoms with Crippen LogP contribution in [0.15, 0.2) is 30.3 Å². The Morgan fingerprint density at radius 3 is 2.56 bits per heavy atom. The Morgan fingerprint density at radius 1 is 1.25 bits per heavy atom. The molecule has 0 spiro atoms. The molecule has 0 fully saturated rings. The lowest BCUT2D eigenvalue weighted by molar-refractivity contribution is -0.146. The Morgan fingerprint density at radius 2 is 1.94 bits per heavy atom. The third-order valence-electron chi connectivity index (χ3n) is 2.33. The first-order valence-corrected chi connectivity index (χ1v) is 5.55. The molecular formula is C13H18O3. The van der Waals surface area contributed by atoms with Gasteiger partial charge in [0, 0.05) is 6.61 Å². The van der Waals surface area contributed by atoms with Crippen LogP contribution >= 0.6 is 0 Å². The lowest BCUT2D eigenvalue weighted by Gasteiger charge is -2.11. The molecule has 0 aliphatic carbocycles. The van der Waals surface area contributed by atoms with Crippen LogP contribution in [-0.4, -0.2) is 25.8 Å². The molecule has 1 aromatic rings. The van der Waals surface area contributed by atoms with E-state index in [4.69, 9.17) is 9.47 Å². The quantitative estimate of drug-likeness (QED) is 0.547. The minimum Gasteiger partial charge on any atom is -0.463 e. The fourth-order valence-electron chi connectivity index (χ4n) is 1.35. The molecule has 0 aromatic heterocycles. The third kappa shape index (κ3) is 4.03. The normalized spacial score (nSPS) is 12.1. The molecule has 0 unspecified atom stereocenters. The van der Waals surface area contributed by atoms with Gasteiger partial charge in [-0.25, -0.2) is 0 Å². The molecule has 3 heteroatoms. The average molecular weight is 222 g/mol. The number of esters is 1. The maximum Gasteiger partial charge on any atom is 0.313 e. The Hall–Kier alpha value is -1.35. The molecule has 0 amide bonds. The van der Waals surface area contributed by atoms with E-state index in [1.807, 2.05) is 44.2 Å². The van der Waals surface area contributed by atoms with Crippen LogP contribution in [0.3, 0.4) is 0 Å². The monoisotopic (exact) mass is 222 g/mol. The lowest BCUT2D eigenvalue weighted by atomic mass is 10.0. The van der Waals surface area contributed by atoms with E-state index in [1.54, 1.807) is 0 Å². The van der Waals surface area contributed by atoms with Crippen LogP contribution in [0.25, 0.3) is 0 Å². The molecule has 0 aliphatic rings. The van der Waals surface area contributed by atoms with Gasteiger partial charge in [0.25, 0.3) is 0 Å². The van der Waals surface area contributed by atoms with Crippen molar-refractivity contribution >= 4 is 5.97 Å². The van der Waals surface area contributed by atoms with Crippen molar-refractivity contribution in [3.8, 4) is 0 Å². The average Bonchev–Trinajstić information content (AvgIpc) is 2.34. The summed E-state index contributed by atoms with van der Waals surface area (Å²) < 4.78 is 10.2. The summed E-state index contributed by atoms with van der Waals surface area (Å²) in [5.74, 6) is -0.422. The third-order valence-corrected chi connectivity index (χ3v) is 2.33. The van der Waals surface area contributed by atoms with Crippen molar-refractivity contribution in [2.24, 2.45) is 0 Å². The highest BCUT2D eigenvalue weighted by Gasteiger charge is 2.15. The van der Waals surface area contributed by atoms with E-state index >= 15 is 0 Å². The largest absolute Gasteiger partial charge is 0.463 e. The summed E-state index contributed by atoms with van der Waals surface area (Å²) in [7, 11) is 0. The van der Waals surface area contributed by atoms with Gasteiger partial charge >= 0.3 is 5.97 Å². The van der Waals surface area contributed by atoms with E-state index in [1.165, 1.54) is 0 Å². The van der Waals surface area contributed by atoms with Gasteiger partial charge in [0.15, 0.2) is 0 Å². The number of hydrogen-bond donors (Lipinski definition) is 0. The molecule has 0 heterocycles. The highest BCUT2D eigenvalue weighted by molar-refractivity contribution is 5.77. The van der Waals surface area contributed by atoms with Gasteiger partial charge in [-0.1, -0.05) is 30.3 Å². The van der Waals surface area contributed by atoms with Crippen molar-refractivity contribution < 1.29 is 14.3 Å². The van der Waals surface area contributed by atoms with E-state index < -0.39 is 0 Å². The number of benzene rings is 1. The predicted octanol–water partition coefficient (Wildman–Crippen LogP) is 2.37. The van der Waals surface area contributed by atoms with Crippen LogP contribution in [0.5, 0.6) is 0 Å². The van der Waals surface area contributed by atoms with E-state index in [9.17, 15) is 4.79 Å². The van der Waals surface area contributed by atoms with Gasteiger partial charge in [-0.3, -0.25) is 4.79 Å². The summed E-state index contributed by atoms with van der Waals surface area (Å²) in [4.78, 5) is 11.6. The van der Waals surface area contributed by atoms with Gasteiger partial charge in [0.05, 0.1) is 12.5 Å². The van der Waals surface area contributed by atoms with Gasteiger partial charge in [0.1, 0.15) is 6.61 Å². The molecule has 0 aliphatic heterocycles. The summed E-state index contributed by atoms with van der Waals surface area (Å²) in [6.45, 7) is 5.19. The Kier molecular flexibility index (Phi) is 5.57. The molecule has 0 bridgehead atoms. The summed E-state index contributed by atoms with van der Waals surface area (Å²) in [5.41, 5.74) is 0.976. The molecule has 1 rings (SSSR count). The van der Waals surface area contributed by atoms with Crippen LogP contribution in [0.4, 0.5) is 0 Å². The number of carbonyl (C=O) groups is 1. The molecular weight excluding hydrogens is 204 g/mol. The first-order chi connectivity index (χ1) is 7.75. The zero-order chi connectivity index (χ0) is 11.8. The molecule has 0 N–H and O–H groups in total. The second-order valence-electron chi connectivity index (χ2n) is 3.50. The van der Waals surface area contributed by atoms with Gasteiger partial charge in [0.2, 0.25) is 0 Å². The van der Waals surface area contributed by atoms with Crippen molar-refractivity contribution in [2.45, 2.75) is 19.8 Å². The maximum absolute atomic E-state index is 11.6. The van der Waals surface area contributed by atoms with Gasteiger partial charge in [-0.15, -0.1) is 0 Å². The van der Waals surface area contributed by atoms with Gasteiger partial charge in [-0.2, -0.15) is 0 Å². The zero-order valence-corrected chi connectivity index (χ0v) is 9.81. The first kappa shape index (κ1) is 12.7. The molecule has 0 radical (unpaired) electrons. The predicted molar refractivity (Wildman–Crippen MR) is 62.3 cm³/mol. The number of hydrogen-bond acceptors (Lipinski definition) is 3. The van der Waals surface area contributed by atoms with Gasteiger partial charge in [-0.05, 0) is 19.4 Å². The zero-order valence-electron chi connectivity index (χ0n) is 9.81. The minimum atomic E-state index is -0.220. The molecule has 1 atom stereocenters. The maximum atomic E-state index is 11.6. The number of rotatable bonds is 6. The molecule has 3 nitrogen and oxygen atoms in total. The van der Waals surface area contributed by atoms with Crippen molar-refractivity contribution in [2.75, 3.05) is 19.8 Å². The Bertz CT molecular complexity index is 308. The van der Waals surface area contributed by atoms with Crippen LogP contribution in [0.2, 0.25) is 0 Å².